The molecule has 2 amide bonds. The summed E-state index contributed by atoms with van der Waals surface area (Å²) < 4.78 is 9.50. The normalized spacial score (nSPS) is 15.8. The Hall–Kier alpha value is -4.07. The number of amides is 2. The number of hydrogen-bond acceptors (Lipinski definition) is 4. The van der Waals surface area contributed by atoms with Crippen LogP contribution in [0.25, 0.3) is 16.6 Å². The molecule has 1 atom stereocenters. The zero-order valence-electron chi connectivity index (χ0n) is 22.5. The van der Waals surface area contributed by atoms with E-state index in [-0.39, 0.29) is 11.8 Å². The number of primary amides is 1. The fraction of sp³-hybridized carbons (Fsp3) is 0.367. The summed E-state index contributed by atoms with van der Waals surface area (Å²) in [6.07, 6.45) is 3.84. The maximum absolute atomic E-state index is 12.4. The van der Waals surface area contributed by atoms with Crippen LogP contribution in [0.2, 0.25) is 0 Å². The van der Waals surface area contributed by atoms with E-state index in [2.05, 4.69) is 58.3 Å². The predicted octanol–water partition coefficient (Wildman–Crippen LogP) is 5.08. The Kier molecular flexibility index (Phi) is 6.73. The van der Waals surface area contributed by atoms with Gasteiger partial charge in [0.25, 0.3) is 5.91 Å². The average Bonchev–Trinajstić information content (AvgIpc) is 3.58. The maximum Gasteiger partial charge on any atom is 0.410 e. The minimum absolute atomic E-state index is 0.211. The lowest BCUT2D eigenvalue weighted by atomic mass is 9.98. The lowest BCUT2D eigenvalue weighted by molar-refractivity contribution is 0.0288. The number of aromatic nitrogens is 3. The van der Waals surface area contributed by atoms with Gasteiger partial charge in [-0.15, -0.1) is 0 Å². The summed E-state index contributed by atoms with van der Waals surface area (Å²) in [6.45, 7) is 9.88. The van der Waals surface area contributed by atoms with Crippen molar-refractivity contribution in [2.45, 2.75) is 52.7 Å². The number of fused-ring (bicyclic) bond motifs is 1. The van der Waals surface area contributed by atoms with Crippen molar-refractivity contribution in [1.82, 2.24) is 19.2 Å². The first-order valence-corrected chi connectivity index (χ1v) is 13.1. The first-order valence-electron chi connectivity index (χ1n) is 13.1. The highest BCUT2D eigenvalue weighted by atomic mass is 16.6. The van der Waals surface area contributed by atoms with Crippen LogP contribution in [0.4, 0.5) is 4.79 Å². The van der Waals surface area contributed by atoms with E-state index in [0.717, 1.165) is 54.8 Å². The van der Waals surface area contributed by atoms with Crippen molar-refractivity contribution in [2.75, 3.05) is 13.1 Å². The Bertz CT molecular complexity index is 1480. The highest BCUT2D eigenvalue weighted by molar-refractivity contribution is 5.91. The Morgan fingerprint density at radius 1 is 1.05 bits per heavy atom. The molecule has 38 heavy (non-hydrogen) atoms. The van der Waals surface area contributed by atoms with E-state index in [0.29, 0.717) is 5.92 Å². The molecule has 3 heterocycles. The van der Waals surface area contributed by atoms with Crippen molar-refractivity contribution in [3.8, 4) is 5.69 Å². The zero-order chi connectivity index (χ0) is 27.0. The molecule has 2 N–H and O–H groups in total. The molecule has 1 aliphatic heterocycles. The molecule has 0 spiro atoms. The number of hydrogen-bond donors (Lipinski definition) is 1. The number of nitrogens with zero attached hydrogens (tertiary/aromatic N) is 4. The summed E-state index contributed by atoms with van der Waals surface area (Å²) in [5.41, 5.74) is 10.6. The number of likely N-dealkylation sites (tertiary alicyclic amines) is 1. The SMILES string of the molecule is Cc1cc(C(N)=O)nn1-c1ccc2c(ccn2Cc2ccc(C[C@@H]3CCN(C(=O)OC(C)(C)C)C3)cc2)c1. The predicted molar refractivity (Wildman–Crippen MR) is 147 cm³/mol. The number of ether oxygens (including phenoxy) is 1. The molecule has 0 radical (unpaired) electrons. The fourth-order valence-corrected chi connectivity index (χ4v) is 5.12. The second-order valence-corrected chi connectivity index (χ2v) is 11.2. The van der Waals surface area contributed by atoms with Crippen molar-refractivity contribution in [3.63, 3.8) is 0 Å². The monoisotopic (exact) mass is 513 g/mol. The molecule has 0 saturated carbocycles. The molecule has 8 heteroatoms. The van der Waals surface area contributed by atoms with Gasteiger partial charge in [0.05, 0.1) is 5.69 Å². The lowest BCUT2D eigenvalue weighted by Gasteiger charge is -2.24. The number of nitrogens with two attached hydrogens (primary N) is 1. The van der Waals surface area contributed by atoms with Gasteiger partial charge in [-0.2, -0.15) is 5.10 Å². The lowest BCUT2D eigenvalue weighted by Crippen LogP contribution is -2.35. The number of carbonyl (C=O) groups is 2. The molecule has 2 aromatic carbocycles. The van der Waals surface area contributed by atoms with Gasteiger partial charge in [-0.25, -0.2) is 9.48 Å². The molecule has 0 unspecified atom stereocenters. The van der Waals surface area contributed by atoms with E-state index in [1.54, 1.807) is 10.7 Å². The highest BCUT2D eigenvalue weighted by Gasteiger charge is 2.29. The van der Waals surface area contributed by atoms with Crippen molar-refractivity contribution in [1.29, 1.82) is 0 Å². The Balaban J connectivity index is 1.22. The largest absolute Gasteiger partial charge is 0.444 e. The number of rotatable bonds is 6. The molecule has 5 rings (SSSR count). The molecular weight excluding hydrogens is 478 g/mol. The smallest absolute Gasteiger partial charge is 0.410 e. The van der Waals surface area contributed by atoms with E-state index in [9.17, 15) is 9.59 Å². The first kappa shape index (κ1) is 25.6. The van der Waals surface area contributed by atoms with E-state index in [1.165, 1.54) is 11.1 Å². The van der Waals surface area contributed by atoms with Gasteiger partial charge >= 0.3 is 6.09 Å². The first-order chi connectivity index (χ1) is 18.1. The van der Waals surface area contributed by atoms with Crippen LogP contribution in [0.3, 0.4) is 0 Å². The maximum atomic E-state index is 12.4. The van der Waals surface area contributed by atoms with Gasteiger partial charge in [0, 0.05) is 42.4 Å². The van der Waals surface area contributed by atoms with Gasteiger partial charge in [0.2, 0.25) is 0 Å². The molecule has 1 aliphatic rings. The summed E-state index contributed by atoms with van der Waals surface area (Å²) >= 11 is 0. The quantitative estimate of drug-likeness (QED) is 0.389. The minimum atomic E-state index is -0.531. The van der Waals surface area contributed by atoms with Crippen molar-refractivity contribution in [2.24, 2.45) is 11.7 Å². The minimum Gasteiger partial charge on any atom is -0.444 e. The topological polar surface area (TPSA) is 95.4 Å². The van der Waals surface area contributed by atoms with E-state index >= 15 is 0 Å². The van der Waals surface area contributed by atoms with Crippen LogP contribution in [0.1, 0.15) is 54.5 Å². The molecule has 2 aromatic heterocycles. The van der Waals surface area contributed by atoms with Gasteiger partial charge in [-0.3, -0.25) is 4.79 Å². The van der Waals surface area contributed by atoms with Gasteiger partial charge in [-0.1, -0.05) is 24.3 Å². The summed E-state index contributed by atoms with van der Waals surface area (Å²) in [7, 11) is 0. The van der Waals surface area contributed by atoms with Gasteiger partial charge in [-0.05, 0) is 87.9 Å². The van der Waals surface area contributed by atoms with Gasteiger partial charge < -0.3 is 19.9 Å². The Labute approximate surface area is 223 Å². The molecule has 4 aromatic rings. The molecule has 198 valence electrons. The molecule has 1 fully saturated rings. The third-order valence-corrected chi connectivity index (χ3v) is 6.98. The van der Waals surface area contributed by atoms with E-state index < -0.39 is 11.5 Å². The summed E-state index contributed by atoms with van der Waals surface area (Å²) in [5, 5.41) is 5.44. The zero-order valence-corrected chi connectivity index (χ0v) is 22.5. The molecule has 0 aliphatic carbocycles. The molecular formula is C30H35N5O3. The van der Waals surface area contributed by atoms with Crippen LogP contribution in [0.15, 0.2) is 60.8 Å². The van der Waals surface area contributed by atoms with Crippen LogP contribution in [0, 0.1) is 12.8 Å². The van der Waals surface area contributed by atoms with Crippen molar-refractivity contribution in [3.05, 3.63) is 83.3 Å². The standard InChI is InChI=1S/C30H35N5O3/c1-20-15-26(28(31)36)32-35(20)25-9-10-27-24(17-25)12-14-33(27)18-22-7-5-21(6-8-22)16-23-11-13-34(19-23)29(37)38-30(2,3)4/h5-10,12,14-15,17,23H,11,13,16,18-19H2,1-4H3,(H2,31,36)/t23-/m0/s1. The fourth-order valence-electron chi connectivity index (χ4n) is 5.12. The van der Waals surface area contributed by atoms with Crippen LogP contribution >= 0.6 is 0 Å². The number of carbonyl (C=O) groups excluding carboxylic acids is 2. The number of aryl methyl sites for hydroxylation is 1. The summed E-state index contributed by atoms with van der Waals surface area (Å²) in [5.74, 6) is -0.0791. The Morgan fingerprint density at radius 3 is 2.47 bits per heavy atom. The second kappa shape index (κ2) is 10.0. The third-order valence-electron chi connectivity index (χ3n) is 6.98. The van der Waals surface area contributed by atoms with Crippen LogP contribution < -0.4 is 5.73 Å². The molecule has 0 bridgehead atoms. The molecule has 8 nitrogen and oxygen atoms in total. The van der Waals surface area contributed by atoms with E-state index in [1.807, 2.05) is 38.7 Å². The van der Waals surface area contributed by atoms with Crippen LogP contribution in [-0.2, 0) is 17.7 Å². The van der Waals surface area contributed by atoms with Crippen molar-refractivity contribution < 1.29 is 14.3 Å². The summed E-state index contributed by atoms with van der Waals surface area (Å²) in [6, 6.07) is 18.7. The van der Waals surface area contributed by atoms with Gasteiger partial charge in [0.1, 0.15) is 5.60 Å². The Morgan fingerprint density at radius 2 is 1.79 bits per heavy atom. The third kappa shape index (κ3) is 5.59. The average molecular weight is 514 g/mol. The van der Waals surface area contributed by atoms with Crippen LogP contribution in [-0.4, -0.2) is 49.9 Å². The highest BCUT2D eigenvalue weighted by Crippen LogP contribution is 2.25. The number of benzene rings is 2. The van der Waals surface area contributed by atoms with Crippen molar-refractivity contribution >= 4 is 22.9 Å². The van der Waals surface area contributed by atoms with Crippen LogP contribution in [0.5, 0.6) is 0 Å². The van der Waals surface area contributed by atoms with E-state index in [4.69, 9.17) is 10.5 Å². The summed E-state index contributed by atoms with van der Waals surface area (Å²) in [4.78, 5) is 25.7. The second-order valence-electron chi connectivity index (χ2n) is 11.2. The molecule has 1 saturated heterocycles. The van der Waals surface area contributed by atoms with Gasteiger partial charge in [0.15, 0.2) is 5.69 Å².